The number of phenols is 1. The predicted octanol–water partition coefficient (Wildman–Crippen LogP) is 8.54. The summed E-state index contributed by atoms with van der Waals surface area (Å²) in [6, 6.07) is 26.7. The zero-order valence-corrected chi connectivity index (χ0v) is 31.0. The molecule has 14 nitrogen and oxygen atoms in total. The number of rotatable bonds is 10. The normalized spacial score (nSPS) is 12.5. The smallest absolute Gasteiger partial charge is 0.339 e. The molecule has 0 spiro atoms. The van der Waals surface area contributed by atoms with Crippen LogP contribution in [0.25, 0.3) is 21.9 Å². The molecule has 0 aliphatic heterocycles. The molecular formula is C37H28N4O10S3-2. The van der Waals surface area contributed by atoms with Crippen LogP contribution in [0.5, 0.6) is 11.5 Å². The quantitative estimate of drug-likeness (QED) is 0.0790. The second-order valence-electron chi connectivity index (χ2n) is 12.1. The van der Waals surface area contributed by atoms with Crippen molar-refractivity contribution in [3.63, 3.8) is 0 Å². The number of hydrogen-bond donors (Lipinski definition) is 1. The third-order valence-corrected chi connectivity index (χ3v) is 11.1. The monoisotopic (exact) mass is 784 g/mol. The molecule has 0 radical (unpaired) electrons. The zero-order chi connectivity index (χ0) is 39.0. The molecule has 0 aromatic heterocycles. The van der Waals surface area contributed by atoms with Gasteiger partial charge < -0.3 is 18.4 Å². The lowest BCUT2D eigenvalue weighted by molar-refractivity contribution is 0.458. The molecule has 0 aliphatic rings. The van der Waals surface area contributed by atoms with Crippen LogP contribution >= 0.6 is 0 Å². The van der Waals surface area contributed by atoms with Crippen LogP contribution in [-0.4, -0.2) is 39.5 Å². The maximum Gasteiger partial charge on any atom is 0.339 e. The Morgan fingerprint density at radius 3 is 1.61 bits per heavy atom. The molecule has 0 saturated carbocycles. The number of phenolic OH excluding ortho intramolecular Hbond substituents is 1. The number of aryl methyl sites for hydroxylation is 3. The summed E-state index contributed by atoms with van der Waals surface area (Å²) in [6.45, 7) is 5.57. The molecule has 54 heavy (non-hydrogen) atoms. The van der Waals surface area contributed by atoms with Gasteiger partial charge in [-0.25, -0.2) is 16.8 Å². The van der Waals surface area contributed by atoms with Gasteiger partial charge in [0.15, 0.2) is 5.75 Å². The van der Waals surface area contributed by atoms with E-state index in [1.54, 1.807) is 48.5 Å². The predicted molar refractivity (Wildman–Crippen MR) is 197 cm³/mol. The van der Waals surface area contributed by atoms with Crippen molar-refractivity contribution >= 4 is 63.9 Å². The fraction of sp³-hybridized carbons (Fsp3) is 0.0811. The van der Waals surface area contributed by atoms with E-state index in [1.165, 1.54) is 24.3 Å². The molecule has 0 fully saturated rings. The van der Waals surface area contributed by atoms with Gasteiger partial charge in [0.25, 0.3) is 0 Å². The fourth-order valence-corrected chi connectivity index (χ4v) is 7.55. The number of azo groups is 2. The Bertz CT molecular complexity index is 2840. The molecule has 0 aliphatic carbocycles. The van der Waals surface area contributed by atoms with E-state index in [1.807, 2.05) is 32.9 Å². The number of nitrogens with zero attached hydrogens (tertiary/aromatic N) is 4. The highest BCUT2D eigenvalue weighted by molar-refractivity contribution is 7.87. The van der Waals surface area contributed by atoms with E-state index in [9.17, 15) is 39.5 Å². The molecule has 0 atom stereocenters. The second kappa shape index (κ2) is 14.5. The van der Waals surface area contributed by atoms with Crippen LogP contribution in [0.3, 0.4) is 0 Å². The first-order chi connectivity index (χ1) is 25.4. The molecule has 0 unspecified atom stereocenters. The minimum atomic E-state index is -5.23. The van der Waals surface area contributed by atoms with Gasteiger partial charge in [0.05, 0.1) is 26.9 Å². The van der Waals surface area contributed by atoms with Gasteiger partial charge in [-0.1, -0.05) is 29.8 Å². The van der Waals surface area contributed by atoms with E-state index < -0.39 is 51.6 Å². The van der Waals surface area contributed by atoms with Crippen LogP contribution in [0, 0.1) is 20.8 Å². The standard InChI is InChI=1S/C37H30N4O10S3/c1-22-4-12-30(13-5-22)54(49,50)51-29-10-6-26(7-11-29)38-39-27-8-15-32(23(2)18-27)33-16-9-28(19-24(33)3)40-41-36-35(53(46,47)48)21-25-20-31(52(43,44)45)14-17-34(25)37(36)42/h4-21,42H,1-3H3,(H,43,44,45)(H,46,47,48)/p-2. The lowest BCUT2D eigenvalue weighted by Gasteiger charge is -2.15. The average Bonchev–Trinajstić information content (AvgIpc) is 3.10. The van der Waals surface area contributed by atoms with Crippen molar-refractivity contribution < 1.29 is 43.6 Å². The molecular weight excluding hydrogens is 757 g/mol. The molecule has 6 aromatic rings. The van der Waals surface area contributed by atoms with Crippen molar-refractivity contribution in [3.8, 4) is 22.6 Å². The van der Waals surface area contributed by atoms with E-state index in [0.717, 1.165) is 52.1 Å². The van der Waals surface area contributed by atoms with Gasteiger partial charge in [-0.2, -0.15) is 23.8 Å². The molecule has 0 saturated heterocycles. The summed E-state index contributed by atoms with van der Waals surface area (Å²) in [7, 11) is -14.1. The van der Waals surface area contributed by atoms with Gasteiger partial charge in [-0.15, -0.1) is 5.11 Å². The molecule has 0 bridgehead atoms. The number of hydrogen-bond acceptors (Lipinski definition) is 14. The van der Waals surface area contributed by atoms with E-state index >= 15 is 0 Å². The molecule has 6 rings (SSSR count). The first kappa shape index (κ1) is 37.9. The Kier molecular flexibility index (Phi) is 10.2. The van der Waals surface area contributed by atoms with Crippen LogP contribution in [0.15, 0.2) is 144 Å². The highest BCUT2D eigenvalue weighted by atomic mass is 32.2. The Hall–Kier alpha value is -5.85. The van der Waals surface area contributed by atoms with Crippen molar-refractivity contribution in [1.82, 2.24) is 0 Å². The Balaban J connectivity index is 1.19. The van der Waals surface area contributed by atoms with Gasteiger partial charge in [-0.05, 0) is 133 Å². The maximum absolute atomic E-state index is 12.6. The molecule has 17 heteroatoms. The summed E-state index contributed by atoms with van der Waals surface area (Å²) in [5, 5.41) is 27.1. The average molecular weight is 785 g/mol. The lowest BCUT2D eigenvalue weighted by atomic mass is 9.96. The van der Waals surface area contributed by atoms with Gasteiger partial charge in [0.2, 0.25) is 0 Å². The summed E-state index contributed by atoms with van der Waals surface area (Å²) in [6.07, 6.45) is 0. The van der Waals surface area contributed by atoms with E-state index in [2.05, 4.69) is 20.5 Å². The minimum Gasteiger partial charge on any atom is -0.744 e. The topological polar surface area (TPSA) is 227 Å². The summed E-state index contributed by atoms with van der Waals surface area (Å²) >= 11 is 0. The molecule has 0 amide bonds. The van der Waals surface area contributed by atoms with Gasteiger partial charge in [0, 0.05) is 5.39 Å². The van der Waals surface area contributed by atoms with E-state index in [-0.39, 0.29) is 27.1 Å². The van der Waals surface area contributed by atoms with E-state index in [4.69, 9.17) is 4.18 Å². The Labute approximate surface area is 310 Å². The maximum atomic E-state index is 12.6. The van der Waals surface area contributed by atoms with Crippen molar-refractivity contribution in [2.45, 2.75) is 35.5 Å². The van der Waals surface area contributed by atoms with Gasteiger partial charge >= 0.3 is 10.1 Å². The Morgan fingerprint density at radius 2 is 1.07 bits per heavy atom. The first-order valence-electron chi connectivity index (χ1n) is 15.8. The number of aromatic hydroxyl groups is 1. The lowest BCUT2D eigenvalue weighted by Crippen LogP contribution is -2.09. The molecule has 276 valence electrons. The summed E-state index contributed by atoms with van der Waals surface area (Å²) in [5.41, 5.74) is 4.92. The van der Waals surface area contributed by atoms with Crippen LogP contribution < -0.4 is 4.18 Å². The minimum absolute atomic E-state index is 0.0448. The van der Waals surface area contributed by atoms with E-state index in [0.29, 0.717) is 11.4 Å². The molecule has 1 N–H and O–H groups in total. The summed E-state index contributed by atoms with van der Waals surface area (Å²) in [5.74, 6) is -0.612. The third-order valence-electron chi connectivity index (χ3n) is 8.19. The van der Waals surface area contributed by atoms with Crippen LogP contribution in [0.4, 0.5) is 22.7 Å². The second-order valence-corrected chi connectivity index (χ2v) is 16.4. The molecule has 0 heterocycles. The SMILES string of the molecule is Cc1ccc(S(=O)(=O)Oc2ccc(N=Nc3ccc(-c4ccc(N=Nc5c(S(=O)(=O)[O-])cc6cc(S(=O)(=O)[O-])ccc6c5O)cc4C)c(C)c3)cc2)cc1. The number of fused-ring (bicyclic) bond motifs is 1. The highest BCUT2D eigenvalue weighted by Crippen LogP contribution is 2.42. The van der Waals surface area contributed by atoms with Crippen molar-refractivity contribution in [2.24, 2.45) is 20.5 Å². The summed E-state index contributed by atoms with van der Waals surface area (Å²) < 4.78 is 101. The van der Waals surface area contributed by atoms with Crippen LogP contribution in [0.2, 0.25) is 0 Å². The van der Waals surface area contributed by atoms with Crippen molar-refractivity contribution in [1.29, 1.82) is 0 Å². The van der Waals surface area contributed by atoms with Gasteiger partial charge in [-0.3, -0.25) is 0 Å². The zero-order valence-electron chi connectivity index (χ0n) is 28.5. The highest BCUT2D eigenvalue weighted by Gasteiger charge is 2.19. The largest absolute Gasteiger partial charge is 0.744 e. The van der Waals surface area contributed by atoms with Crippen LogP contribution in [0.1, 0.15) is 16.7 Å². The van der Waals surface area contributed by atoms with Crippen molar-refractivity contribution in [2.75, 3.05) is 0 Å². The van der Waals surface area contributed by atoms with Crippen molar-refractivity contribution in [3.05, 3.63) is 126 Å². The number of benzene rings is 6. The van der Waals surface area contributed by atoms with Crippen LogP contribution in [-0.2, 0) is 30.4 Å². The van der Waals surface area contributed by atoms with Gasteiger partial charge in [0.1, 0.15) is 36.6 Å². The third kappa shape index (κ3) is 8.35. The summed E-state index contributed by atoms with van der Waals surface area (Å²) in [4.78, 5) is -1.58. The first-order valence-corrected chi connectivity index (χ1v) is 20.0. The fourth-order valence-electron chi connectivity index (χ4n) is 5.47. The Morgan fingerprint density at radius 1 is 0.556 bits per heavy atom. The molecule has 6 aromatic carbocycles.